The molecular weight excluding hydrogens is 2010 g/mol. The molecule has 0 fully saturated rings. The molecule has 140 heavy (non-hydrogen) atoms. The normalized spacial score (nSPS) is 11.3. The third kappa shape index (κ3) is 28.2. The molecule has 0 radical (unpaired) electrons. The molecule has 0 bridgehead atoms. The molecule has 0 aliphatic rings. The van der Waals surface area contributed by atoms with Crippen LogP contribution < -0.4 is 4.90 Å². The van der Waals surface area contributed by atoms with Crippen LogP contribution in [0, 0.1) is 25.2 Å². The van der Waals surface area contributed by atoms with Crippen LogP contribution in [0.3, 0.4) is 0 Å². The maximum absolute atomic E-state index is 10.3. The van der Waals surface area contributed by atoms with Crippen molar-refractivity contribution in [2.45, 2.75) is 112 Å². The van der Waals surface area contributed by atoms with Crippen LogP contribution in [0.2, 0.25) is 0 Å². The molecule has 0 unspecified atom stereocenters. The van der Waals surface area contributed by atoms with Crippen molar-refractivity contribution in [3.8, 4) is 11.8 Å². The molecular formula is C111H102Br4N24O. The Hall–Kier alpha value is -14.5. The number of pyridine rings is 7. The molecule has 11 aromatic heterocycles. The number of halogens is 4. The van der Waals surface area contributed by atoms with Crippen LogP contribution in [0.15, 0.2) is 365 Å². The molecule has 0 amide bonds. The van der Waals surface area contributed by atoms with E-state index in [1.165, 1.54) is 22.3 Å². The van der Waals surface area contributed by atoms with E-state index in [9.17, 15) is 5.11 Å². The number of rotatable bonds is 35. The summed E-state index contributed by atoms with van der Waals surface area (Å²) in [5.74, 6) is 4.60. The highest BCUT2D eigenvalue weighted by atomic mass is 79.9. The van der Waals surface area contributed by atoms with Gasteiger partial charge in [-0.25, -0.2) is 4.98 Å². The second-order valence-electron chi connectivity index (χ2n) is 34.2. The highest BCUT2D eigenvalue weighted by Crippen LogP contribution is 2.27. The number of para-hydroxylation sites is 4. The van der Waals surface area contributed by atoms with Gasteiger partial charge in [-0.05, 0) is 219 Å². The van der Waals surface area contributed by atoms with Gasteiger partial charge in [0.25, 0.3) is 0 Å². The molecule has 700 valence electrons. The summed E-state index contributed by atoms with van der Waals surface area (Å²) in [6.45, 7) is 14.3. The Kier molecular flexibility index (Phi) is 33.8. The van der Waals surface area contributed by atoms with Gasteiger partial charge in [0.2, 0.25) is 0 Å². The minimum atomic E-state index is 0.174. The molecule has 29 heteroatoms. The molecule has 0 spiro atoms. The zero-order valence-electron chi connectivity index (χ0n) is 77.5. The van der Waals surface area contributed by atoms with Gasteiger partial charge >= 0.3 is 0 Å². The van der Waals surface area contributed by atoms with Crippen molar-refractivity contribution >= 4 is 113 Å². The third-order valence-corrected chi connectivity index (χ3v) is 26.0. The molecule has 20 aromatic rings. The van der Waals surface area contributed by atoms with Crippen molar-refractivity contribution in [2.75, 3.05) is 31.1 Å². The topological polar surface area (TPSA) is 270 Å². The summed E-state index contributed by atoms with van der Waals surface area (Å²) in [6.07, 6.45) is 12.5. The van der Waals surface area contributed by atoms with Crippen LogP contribution in [0.4, 0.5) is 5.82 Å². The third-order valence-electron chi connectivity index (χ3n) is 23.9. The minimum absolute atomic E-state index is 0.174. The largest absolute Gasteiger partial charge is 0.506 e. The van der Waals surface area contributed by atoms with E-state index in [0.717, 1.165) is 201 Å². The number of hydrogen-bond acceptors (Lipinski definition) is 21. The van der Waals surface area contributed by atoms with Crippen LogP contribution in [0.1, 0.15) is 102 Å². The summed E-state index contributed by atoms with van der Waals surface area (Å²) in [5, 5.41) is 58.3. The van der Waals surface area contributed by atoms with E-state index in [0.29, 0.717) is 70.2 Å². The van der Waals surface area contributed by atoms with Gasteiger partial charge in [0.05, 0.1) is 115 Å². The quantitative estimate of drug-likeness (QED) is 0.0386. The average molecular weight is 2110 g/mol. The number of fused-ring (bicyclic) bond motifs is 4. The Balaban J connectivity index is 0.000000129. The SMILES string of the molecule is Brc1ccc(CCN(Cc2ccc3ccccc3n2)Cc2nncn2Cc2ccccn2)cc1.Cc1ccc(O)c(Cn2cnnc2CN(CCc2ccc(Br)cc2)Cc2ccc3ccccc3n2)n1.Cc1cccc(Cn2cnnc2CN(CCc2ccc(Br)cc2)Cc2ccc3ccccc3n2)n1.N#Cc1ccc(Cn2cnnc2CN(CCc2ccc(Br)cc2)c2ccc3ccccc3n2)cc1. The van der Waals surface area contributed by atoms with E-state index in [2.05, 4.69) is 341 Å². The first kappa shape index (κ1) is 97.2. The fourth-order valence-corrected chi connectivity index (χ4v) is 17.4. The summed E-state index contributed by atoms with van der Waals surface area (Å²) in [4.78, 5) is 42.6. The van der Waals surface area contributed by atoms with Gasteiger partial charge in [-0.1, -0.05) is 228 Å². The molecule has 9 aromatic carbocycles. The Morgan fingerprint density at radius 3 is 1.09 bits per heavy atom. The lowest BCUT2D eigenvalue weighted by molar-refractivity contribution is 0.247. The first-order chi connectivity index (χ1) is 68.5. The van der Waals surface area contributed by atoms with Crippen molar-refractivity contribution in [2.24, 2.45) is 0 Å². The van der Waals surface area contributed by atoms with E-state index >= 15 is 0 Å². The number of aromatic hydroxyl groups is 1. The van der Waals surface area contributed by atoms with Crippen LogP contribution in [-0.2, 0) is 97.7 Å². The van der Waals surface area contributed by atoms with Gasteiger partial charge < -0.3 is 28.3 Å². The van der Waals surface area contributed by atoms with Crippen LogP contribution in [0.25, 0.3) is 43.6 Å². The monoisotopic (exact) mass is 2100 g/mol. The van der Waals surface area contributed by atoms with Gasteiger partial charge in [0, 0.05) is 103 Å². The number of hydrogen-bond donors (Lipinski definition) is 1. The molecule has 0 aliphatic carbocycles. The van der Waals surface area contributed by atoms with Crippen molar-refractivity contribution in [1.82, 2.24) is 109 Å². The van der Waals surface area contributed by atoms with Gasteiger partial charge in [0.1, 0.15) is 60.0 Å². The lowest BCUT2D eigenvalue weighted by Crippen LogP contribution is -2.28. The lowest BCUT2D eigenvalue weighted by atomic mass is 10.1. The minimum Gasteiger partial charge on any atom is -0.506 e. The number of nitriles is 1. The Bertz CT molecular complexity index is 7470. The van der Waals surface area contributed by atoms with Crippen LogP contribution in [-0.4, -0.2) is 140 Å². The van der Waals surface area contributed by atoms with Crippen molar-refractivity contribution in [1.29, 1.82) is 5.26 Å². The molecule has 0 saturated heterocycles. The van der Waals surface area contributed by atoms with Gasteiger partial charge in [-0.15, -0.1) is 40.8 Å². The van der Waals surface area contributed by atoms with Crippen LogP contribution >= 0.6 is 63.7 Å². The highest BCUT2D eigenvalue weighted by Gasteiger charge is 2.22. The maximum Gasteiger partial charge on any atom is 0.152 e. The molecule has 0 atom stereocenters. The lowest BCUT2D eigenvalue weighted by Gasteiger charge is -2.24. The molecule has 0 aliphatic heterocycles. The Labute approximate surface area is 847 Å². The molecule has 25 nitrogen and oxygen atoms in total. The highest BCUT2D eigenvalue weighted by molar-refractivity contribution is 9.11. The fraction of sp³-hybridized carbons (Fsp3) is 0.189. The summed E-state index contributed by atoms with van der Waals surface area (Å²) in [5.41, 5.74) is 18.4. The summed E-state index contributed by atoms with van der Waals surface area (Å²) >= 11 is 14.1. The van der Waals surface area contributed by atoms with E-state index in [1.807, 2.05) is 146 Å². The predicted octanol–water partition coefficient (Wildman–Crippen LogP) is 21.9. The Morgan fingerprint density at radius 1 is 0.300 bits per heavy atom. The number of anilines is 1. The first-order valence-electron chi connectivity index (χ1n) is 46.3. The van der Waals surface area contributed by atoms with E-state index in [-0.39, 0.29) is 5.75 Å². The van der Waals surface area contributed by atoms with E-state index in [4.69, 9.17) is 25.2 Å². The molecule has 11 heterocycles. The van der Waals surface area contributed by atoms with Crippen molar-refractivity contribution in [3.05, 3.63) is 467 Å². The standard InChI is InChI=1S/C28H27BrN6O.C28H27BrN6.C28H23BrN6.C27H25BrN6/c1-20-6-13-27(36)26(31-20)17-35-19-30-33-28(35)18-34(15-14-21-7-10-23(29)11-8-21)16-24-12-9-22-4-2-3-5-25(22)32-24;1-21-5-4-7-25(31-21)18-35-20-30-33-28(35)19-34(16-15-22-9-12-24(29)13-10-22)17-26-14-11-23-6-2-3-8-27(23)32-26;29-25-12-9-21(10-13-25)15-16-34(27-14-11-24-3-1-2-4-26(24)32-27)19-28-33-31-20-35(28)18-23-7-5-22(17-30)6-8-23;28-23-11-8-21(9-12-23)14-16-33(17-25-13-10-22-5-1-2-7-26(22)31-25)19-27-32-30-20-34(27)18-24-6-3-4-15-29-24/h2-13,19,36H,14-18H2,1H3;2-14,20H,15-19H2,1H3;1-14,20H,15-16,18-19H2;1-13,15,20H,14,16-19H2. The fourth-order valence-electron chi connectivity index (χ4n) is 16.3. The smallest absolute Gasteiger partial charge is 0.152 e. The Morgan fingerprint density at radius 2 is 0.664 bits per heavy atom. The molecule has 0 saturated carbocycles. The second-order valence-corrected chi connectivity index (χ2v) is 37.9. The maximum atomic E-state index is 10.3. The van der Waals surface area contributed by atoms with Crippen molar-refractivity contribution < 1.29 is 5.11 Å². The summed E-state index contributed by atoms with van der Waals surface area (Å²) in [7, 11) is 0. The molecule has 20 rings (SSSR count). The number of nitrogens with zero attached hydrogens (tertiary/aromatic N) is 24. The van der Waals surface area contributed by atoms with Gasteiger partial charge in [0.15, 0.2) is 5.82 Å². The van der Waals surface area contributed by atoms with E-state index in [1.54, 1.807) is 37.4 Å². The number of aryl methyl sites for hydroxylation is 2. The predicted molar refractivity (Wildman–Crippen MR) is 563 cm³/mol. The van der Waals surface area contributed by atoms with E-state index < -0.39 is 0 Å². The van der Waals surface area contributed by atoms with Crippen molar-refractivity contribution in [3.63, 3.8) is 0 Å². The van der Waals surface area contributed by atoms with Crippen LogP contribution in [0.5, 0.6) is 5.75 Å². The van der Waals surface area contributed by atoms with Gasteiger partial charge in [-0.3, -0.25) is 44.6 Å². The number of aromatic nitrogens is 19. The number of benzene rings is 9. The summed E-state index contributed by atoms with van der Waals surface area (Å²) < 4.78 is 12.5. The zero-order valence-corrected chi connectivity index (χ0v) is 83.9. The summed E-state index contributed by atoms with van der Waals surface area (Å²) in [6, 6.07) is 109. The average Bonchev–Trinajstić information content (AvgIpc) is 1.27. The molecule has 1 N–H and O–H groups in total. The second kappa shape index (κ2) is 48.7. The zero-order chi connectivity index (χ0) is 96.1. The first-order valence-corrected chi connectivity index (χ1v) is 49.5. The van der Waals surface area contributed by atoms with Gasteiger partial charge in [-0.2, -0.15) is 5.26 Å².